The minimum Gasteiger partial charge on any atom is -0.299 e. The highest BCUT2D eigenvalue weighted by Gasteiger charge is 2.32. The quantitative estimate of drug-likeness (QED) is 0.791. The van der Waals surface area contributed by atoms with E-state index in [4.69, 9.17) is 0 Å². The summed E-state index contributed by atoms with van der Waals surface area (Å²) in [5, 5.41) is 0. The molecule has 0 saturated heterocycles. The van der Waals surface area contributed by atoms with Crippen molar-refractivity contribution in [1.29, 1.82) is 0 Å². The van der Waals surface area contributed by atoms with Gasteiger partial charge in [0.25, 0.3) is 0 Å². The molecule has 0 amide bonds. The maximum atomic E-state index is 12.0. The van der Waals surface area contributed by atoms with Gasteiger partial charge >= 0.3 is 6.18 Å². The fourth-order valence-electron chi connectivity index (χ4n) is 2.33. The van der Waals surface area contributed by atoms with Gasteiger partial charge in [-0.2, -0.15) is 13.2 Å². The molecule has 1 aromatic carbocycles. The molecule has 1 aromatic rings. The monoisotopic (exact) mass is 242 g/mol. The number of Topliss-reactive ketones (excluding diaryl/α,β-unsaturated/α-hetero) is 1. The zero-order valence-electron chi connectivity index (χ0n) is 9.26. The van der Waals surface area contributed by atoms with Gasteiger partial charge in [-0.25, -0.2) is 0 Å². The molecule has 0 radical (unpaired) electrons. The molecule has 0 aromatic heterocycles. The first kappa shape index (κ1) is 12.1. The molecule has 4 heteroatoms. The standard InChI is InChI=1S/C13H13F3O/c14-13(15,16)8-7-12(17)11-6-5-9-3-1-2-4-10(9)11/h1-4,11H,5-8H2. The van der Waals surface area contributed by atoms with Crippen LogP contribution in [0, 0.1) is 0 Å². The summed E-state index contributed by atoms with van der Waals surface area (Å²) in [5.41, 5.74) is 2.01. The Kier molecular flexibility index (Phi) is 3.22. The molecule has 0 fully saturated rings. The molecular formula is C13H13F3O. The van der Waals surface area contributed by atoms with Crippen molar-refractivity contribution >= 4 is 5.78 Å². The number of halogens is 3. The number of fused-ring (bicyclic) bond motifs is 1. The van der Waals surface area contributed by atoms with Crippen LogP contribution in [0.5, 0.6) is 0 Å². The van der Waals surface area contributed by atoms with Gasteiger partial charge in [-0.1, -0.05) is 24.3 Å². The van der Waals surface area contributed by atoms with Gasteiger partial charge in [0.1, 0.15) is 5.78 Å². The summed E-state index contributed by atoms with van der Waals surface area (Å²) in [6, 6.07) is 7.50. The lowest BCUT2D eigenvalue weighted by Gasteiger charge is -2.11. The molecule has 17 heavy (non-hydrogen) atoms. The molecule has 0 bridgehead atoms. The Hall–Kier alpha value is -1.32. The van der Waals surface area contributed by atoms with E-state index < -0.39 is 19.0 Å². The second-order valence-corrected chi connectivity index (χ2v) is 4.37. The van der Waals surface area contributed by atoms with Crippen LogP contribution in [0.2, 0.25) is 0 Å². The molecule has 1 unspecified atom stereocenters. The van der Waals surface area contributed by atoms with E-state index in [-0.39, 0.29) is 11.7 Å². The Morgan fingerprint density at radius 1 is 1.29 bits per heavy atom. The zero-order chi connectivity index (χ0) is 12.5. The number of ketones is 1. The van der Waals surface area contributed by atoms with Crippen LogP contribution in [0.3, 0.4) is 0 Å². The molecule has 2 rings (SSSR count). The SMILES string of the molecule is O=C(CCC(F)(F)F)C1CCc2ccccc21. The maximum Gasteiger partial charge on any atom is 0.389 e. The third-order valence-corrected chi connectivity index (χ3v) is 3.18. The highest BCUT2D eigenvalue weighted by Crippen LogP contribution is 2.35. The molecule has 0 saturated carbocycles. The fourth-order valence-corrected chi connectivity index (χ4v) is 2.33. The number of alkyl halides is 3. The van der Waals surface area contributed by atoms with Crippen molar-refractivity contribution in [3.63, 3.8) is 0 Å². The second kappa shape index (κ2) is 4.51. The van der Waals surface area contributed by atoms with Crippen molar-refractivity contribution in [3.8, 4) is 0 Å². The Bertz CT molecular complexity index is 423. The van der Waals surface area contributed by atoms with Crippen molar-refractivity contribution < 1.29 is 18.0 Å². The van der Waals surface area contributed by atoms with Crippen molar-refractivity contribution in [3.05, 3.63) is 35.4 Å². The number of hydrogen-bond donors (Lipinski definition) is 0. The Morgan fingerprint density at radius 2 is 2.00 bits per heavy atom. The Balaban J connectivity index is 2.03. The molecule has 1 nitrogen and oxygen atoms in total. The molecule has 0 heterocycles. The lowest BCUT2D eigenvalue weighted by molar-refractivity contribution is -0.143. The third-order valence-electron chi connectivity index (χ3n) is 3.18. The molecule has 0 spiro atoms. The van der Waals surface area contributed by atoms with Crippen LogP contribution in [-0.4, -0.2) is 12.0 Å². The average molecular weight is 242 g/mol. The number of benzene rings is 1. The van der Waals surface area contributed by atoms with E-state index in [1.165, 1.54) is 0 Å². The van der Waals surface area contributed by atoms with Crippen molar-refractivity contribution in [2.75, 3.05) is 0 Å². The number of carbonyl (C=O) groups excluding carboxylic acids is 1. The zero-order valence-corrected chi connectivity index (χ0v) is 9.26. The lowest BCUT2D eigenvalue weighted by atomic mass is 9.94. The normalized spacial score (nSPS) is 19.1. The lowest BCUT2D eigenvalue weighted by Crippen LogP contribution is -2.15. The maximum absolute atomic E-state index is 12.0. The van der Waals surface area contributed by atoms with Gasteiger partial charge in [0.05, 0.1) is 6.42 Å². The molecule has 1 atom stereocenters. The summed E-state index contributed by atoms with van der Waals surface area (Å²) in [7, 11) is 0. The minimum absolute atomic E-state index is 0.285. The first-order valence-corrected chi connectivity index (χ1v) is 5.64. The average Bonchev–Trinajstić information content (AvgIpc) is 2.68. The van der Waals surface area contributed by atoms with Gasteiger partial charge < -0.3 is 0 Å². The van der Waals surface area contributed by atoms with E-state index in [9.17, 15) is 18.0 Å². The molecule has 1 aliphatic carbocycles. The summed E-state index contributed by atoms with van der Waals surface area (Å²) >= 11 is 0. The van der Waals surface area contributed by atoms with Crippen LogP contribution in [-0.2, 0) is 11.2 Å². The molecule has 1 aliphatic rings. The highest BCUT2D eigenvalue weighted by atomic mass is 19.4. The van der Waals surface area contributed by atoms with Crippen LogP contribution in [0.15, 0.2) is 24.3 Å². The summed E-state index contributed by atoms with van der Waals surface area (Å²) < 4.78 is 36.1. The summed E-state index contributed by atoms with van der Waals surface area (Å²) in [6.45, 7) is 0. The molecule has 0 aliphatic heterocycles. The molecular weight excluding hydrogens is 229 g/mol. The smallest absolute Gasteiger partial charge is 0.299 e. The van der Waals surface area contributed by atoms with Gasteiger partial charge in [-0.05, 0) is 24.0 Å². The number of carbonyl (C=O) groups is 1. The van der Waals surface area contributed by atoms with Crippen molar-refractivity contribution in [2.24, 2.45) is 0 Å². The highest BCUT2D eigenvalue weighted by molar-refractivity contribution is 5.86. The van der Waals surface area contributed by atoms with Crippen LogP contribution in [0.4, 0.5) is 13.2 Å². The van der Waals surface area contributed by atoms with E-state index in [0.29, 0.717) is 6.42 Å². The Morgan fingerprint density at radius 3 is 2.71 bits per heavy atom. The Labute approximate surface area is 97.6 Å². The first-order chi connectivity index (χ1) is 7.97. The summed E-state index contributed by atoms with van der Waals surface area (Å²) in [6.07, 6.45) is -4.21. The van der Waals surface area contributed by atoms with Crippen molar-refractivity contribution in [2.45, 2.75) is 37.8 Å². The van der Waals surface area contributed by atoms with E-state index >= 15 is 0 Å². The van der Waals surface area contributed by atoms with E-state index in [1.807, 2.05) is 24.3 Å². The molecule has 0 N–H and O–H groups in total. The van der Waals surface area contributed by atoms with Gasteiger partial charge in [0.15, 0.2) is 0 Å². The summed E-state index contributed by atoms with van der Waals surface area (Å²) in [5.74, 6) is -0.610. The predicted molar refractivity (Wildman–Crippen MR) is 57.8 cm³/mol. The molecule has 92 valence electrons. The second-order valence-electron chi connectivity index (χ2n) is 4.37. The number of rotatable bonds is 3. The number of aryl methyl sites for hydroxylation is 1. The fraction of sp³-hybridized carbons (Fsp3) is 0.462. The predicted octanol–water partition coefficient (Wildman–Crippen LogP) is 3.63. The van der Waals surface area contributed by atoms with Gasteiger partial charge in [0.2, 0.25) is 0 Å². The number of hydrogen-bond acceptors (Lipinski definition) is 1. The van der Waals surface area contributed by atoms with Gasteiger partial charge in [-0.15, -0.1) is 0 Å². The topological polar surface area (TPSA) is 17.1 Å². The van der Waals surface area contributed by atoms with Crippen LogP contribution >= 0.6 is 0 Å². The van der Waals surface area contributed by atoms with Crippen molar-refractivity contribution in [1.82, 2.24) is 0 Å². The van der Waals surface area contributed by atoms with Gasteiger partial charge in [-0.3, -0.25) is 4.79 Å². The largest absolute Gasteiger partial charge is 0.389 e. The first-order valence-electron chi connectivity index (χ1n) is 5.64. The summed E-state index contributed by atoms with van der Waals surface area (Å²) in [4.78, 5) is 11.8. The van der Waals surface area contributed by atoms with Crippen LogP contribution < -0.4 is 0 Å². The van der Waals surface area contributed by atoms with E-state index in [2.05, 4.69) is 0 Å². The van der Waals surface area contributed by atoms with Crippen LogP contribution in [0.25, 0.3) is 0 Å². The van der Waals surface area contributed by atoms with E-state index in [1.54, 1.807) is 0 Å². The minimum atomic E-state index is -4.24. The van der Waals surface area contributed by atoms with Gasteiger partial charge in [0, 0.05) is 12.3 Å². The van der Waals surface area contributed by atoms with Crippen LogP contribution in [0.1, 0.15) is 36.3 Å². The third kappa shape index (κ3) is 2.87. The van der Waals surface area contributed by atoms with E-state index in [0.717, 1.165) is 17.5 Å².